The van der Waals surface area contributed by atoms with Crippen molar-refractivity contribution < 1.29 is 14.3 Å². The first-order chi connectivity index (χ1) is 8.74. The zero-order valence-electron chi connectivity index (χ0n) is 12.0. The minimum Gasteiger partial charge on any atom is -0.356 e. The lowest BCUT2D eigenvalue weighted by Gasteiger charge is -2.16. The summed E-state index contributed by atoms with van der Waals surface area (Å²) < 4.78 is 10.8. The third-order valence-electron chi connectivity index (χ3n) is 2.36. The van der Waals surface area contributed by atoms with Crippen molar-refractivity contribution in [1.82, 2.24) is 10.6 Å². The second-order valence-corrected chi connectivity index (χ2v) is 3.98. The fourth-order valence-electron chi connectivity index (χ4n) is 1.49. The molecule has 0 radical (unpaired) electrons. The molecular formula is C13H28N2O3. The van der Waals surface area contributed by atoms with Gasteiger partial charge in [-0.1, -0.05) is 6.92 Å². The highest BCUT2D eigenvalue weighted by molar-refractivity contribution is 5.75. The van der Waals surface area contributed by atoms with E-state index in [9.17, 15) is 4.79 Å². The largest absolute Gasteiger partial charge is 0.356 e. The van der Waals surface area contributed by atoms with Crippen LogP contribution in [0.2, 0.25) is 0 Å². The van der Waals surface area contributed by atoms with Crippen LogP contribution in [0.5, 0.6) is 0 Å². The summed E-state index contributed by atoms with van der Waals surface area (Å²) >= 11 is 0. The average Bonchev–Trinajstić information content (AvgIpc) is 2.36. The van der Waals surface area contributed by atoms with Gasteiger partial charge >= 0.3 is 0 Å². The van der Waals surface area contributed by atoms with Crippen molar-refractivity contribution in [3.8, 4) is 0 Å². The van der Waals surface area contributed by atoms with Gasteiger partial charge in [0.25, 0.3) is 0 Å². The summed E-state index contributed by atoms with van der Waals surface area (Å²) in [5, 5.41) is 6.06. The number of carbonyl (C=O) groups is 1. The average molecular weight is 260 g/mol. The van der Waals surface area contributed by atoms with E-state index < -0.39 is 0 Å². The van der Waals surface area contributed by atoms with Crippen molar-refractivity contribution in [1.29, 1.82) is 0 Å². The molecule has 0 aliphatic carbocycles. The smallest absolute Gasteiger partial charge is 0.221 e. The zero-order chi connectivity index (χ0) is 13.6. The minimum atomic E-state index is -0.138. The first kappa shape index (κ1) is 17.4. The van der Waals surface area contributed by atoms with Crippen LogP contribution < -0.4 is 10.6 Å². The highest BCUT2D eigenvalue weighted by atomic mass is 16.7. The standard InChI is InChI=1S/C13H28N2O3/c1-4-9-15-12(16)7-10-14-11-8-13(17-5-2)18-6-3/h13-14H,4-11H2,1-3H3,(H,15,16). The summed E-state index contributed by atoms with van der Waals surface area (Å²) in [6, 6.07) is 0. The number of hydrogen-bond acceptors (Lipinski definition) is 4. The highest BCUT2D eigenvalue weighted by Crippen LogP contribution is 1.99. The van der Waals surface area contributed by atoms with E-state index in [2.05, 4.69) is 10.6 Å². The molecule has 5 nitrogen and oxygen atoms in total. The molecule has 2 N–H and O–H groups in total. The predicted molar refractivity (Wildman–Crippen MR) is 72.4 cm³/mol. The monoisotopic (exact) mass is 260 g/mol. The van der Waals surface area contributed by atoms with Gasteiger partial charge in [0.2, 0.25) is 5.91 Å². The van der Waals surface area contributed by atoms with Gasteiger partial charge in [-0.05, 0) is 26.8 Å². The van der Waals surface area contributed by atoms with Gasteiger partial charge in [-0.3, -0.25) is 4.79 Å². The Balaban J connectivity index is 3.44. The molecule has 0 aromatic carbocycles. The fraction of sp³-hybridized carbons (Fsp3) is 0.923. The second-order valence-electron chi connectivity index (χ2n) is 3.98. The Morgan fingerprint density at radius 2 is 1.72 bits per heavy atom. The highest BCUT2D eigenvalue weighted by Gasteiger charge is 2.07. The third kappa shape index (κ3) is 10.5. The van der Waals surface area contributed by atoms with E-state index in [1.807, 2.05) is 20.8 Å². The first-order valence-corrected chi connectivity index (χ1v) is 6.95. The maximum atomic E-state index is 11.3. The molecule has 0 saturated carbocycles. The molecule has 0 aromatic heterocycles. The van der Waals surface area contributed by atoms with E-state index in [0.717, 1.165) is 25.9 Å². The van der Waals surface area contributed by atoms with Crippen molar-refractivity contribution in [3.05, 3.63) is 0 Å². The Morgan fingerprint density at radius 3 is 2.28 bits per heavy atom. The van der Waals surface area contributed by atoms with Crippen molar-refractivity contribution in [3.63, 3.8) is 0 Å². The third-order valence-corrected chi connectivity index (χ3v) is 2.36. The Kier molecular flexibility index (Phi) is 12.3. The summed E-state index contributed by atoms with van der Waals surface area (Å²) in [6.45, 7) is 9.52. The Bertz CT molecular complexity index is 195. The van der Waals surface area contributed by atoms with Crippen molar-refractivity contribution in [2.75, 3.05) is 32.8 Å². The molecule has 0 atom stereocenters. The summed E-state index contributed by atoms with van der Waals surface area (Å²) in [5.74, 6) is 0.107. The summed E-state index contributed by atoms with van der Waals surface area (Å²) in [4.78, 5) is 11.3. The second kappa shape index (κ2) is 12.8. The van der Waals surface area contributed by atoms with Gasteiger partial charge in [0, 0.05) is 39.1 Å². The number of hydrogen-bond donors (Lipinski definition) is 2. The molecule has 0 aromatic rings. The SMILES string of the molecule is CCCNC(=O)CCNCCC(OCC)OCC. The van der Waals surface area contributed by atoms with E-state index in [1.54, 1.807) is 0 Å². The Morgan fingerprint density at radius 1 is 1.06 bits per heavy atom. The van der Waals surface area contributed by atoms with Crippen LogP contribution in [-0.2, 0) is 14.3 Å². The van der Waals surface area contributed by atoms with Crippen LogP contribution in [0.15, 0.2) is 0 Å². The van der Waals surface area contributed by atoms with Gasteiger partial charge in [-0.25, -0.2) is 0 Å². The predicted octanol–water partition coefficient (Wildman–Crippen LogP) is 1.28. The quantitative estimate of drug-likeness (QED) is 0.410. The van der Waals surface area contributed by atoms with Gasteiger partial charge in [-0.15, -0.1) is 0 Å². The Labute approximate surface area is 111 Å². The van der Waals surface area contributed by atoms with Gasteiger partial charge in [0.15, 0.2) is 6.29 Å². The van der Waals surface area contributed by atoms with Crippen LogP contribution in [0.4, 0.5) is 0 Å². The molecule has 0 unspecified atom stereocenters. The lowest BCUT2D eigenvalue weighted by atomic mass is 10.3. The maximum absolute atomic E-state index is 11.3. The van der Waals surface area contributed by atoms with Crippen LogP contribution in [-0.4, -0.2) is 45.0 Å². The molecule has 0 aliphatic rings. The molecule has 0 spiro atoms. The molecule has 0 fully saturated rings. The van der Waals surface area contributed by atoms with E-state index in [4.69, 9.17) is 9.47 Å². The molecule has 108 valence electrons. The van der Waals surface area contributed by atoms with E-state index in [-0.39, 0.29) is 12.2 Å². The van der Waals surface area contributed by atoms with Crippen LogP contribution in [0.1, 0.15) is 40.0 Å². The number of carbonyl (C=O) groups excluding carboxylic acids is 1. The molecular weight excluding hydrogens is 232 g/mol. The number of nitrogens with one attached hydrogen (secondary N) is 2. The topological polar surface area (TPSA) is 59.6 Å². The van der Waals surface area contributed by atoms with E-state index >= 15 is 0 Å². The molecule has 0 bridgehead atoms. The van der Waals surface area contributed by atoms with Crippen LogP contribution in [0.25, 0.3) is 0 Å². The van der Waals surface area contributed by atoms with Crippen LogP contribution in [0.3, 0.4) is 0 Å². The summed E-state index contributed by atoms with van der Waals surface area (Å²) in [5.41, 5.74) is 0. The van der Waals surface area contributed by atoms with Crippen LogP contribution >= 0.6 is 0 Å². The summed E-state index contributed by atoms with van der Waals surface area (Å²) in [6.07, 6.45) is 2.16. The Hall–Kier alpha value is -0.650. The van der Waals surface area contributed by atoms with E-state index in [1.165, 1.54) is 0 Å². The van der Waals surface area contributed by atoms with Crippen molar-refractivity contribution >= 4 is 5.91 Å². The van der Waals surface area contributed by atoms with Crippen LogP contribution in [0, 0.1) is 0 Å². The molecule has 0 saturated heterocycles. The van der Waals surface area contributed by atoms with E-state index in [0.29, 0.717) is 26.2 Å². The lowest BCUT2D eigenvalue weighted by Crippen LogP contribution is -2.30. The zero-order valence-corrected chi connectivity index (χ0v) is 12.0. The normalized spacial score (nSPS) is 10.9. The molecule has 0 rings (SSSR count). The van der Waals surface area contributed by atoms with Gasteiger partial charge in [-0.2, -0.15) is 0 Å². The van der Waals surface area contributed by atoms with Gasteiger partial charge in [0.1, 0.15) is 0 Å². The number of rotatable bonds is 12. The van der Waals surface area contributed by atoms with Crippen molar-refractivity contribution in [2.24, 2.45) is 0 Å². The number of amides is 1. The summed E-state index contributed by atoms with van der Waals surface area (Å²) in [7, 11) is 0. The molecule has 5 heteroatoms. The molecule has 1 amide bonds. The van der Waals surface area contributed by atoms with Crippen molar-refractivity contribution in [2.45, 2.75) is 46.3 Å². The maximum Gasteiger partial charge on any atom is 0.221 e. The first-order valence-electron chi connectivity index (χ1n) is 6.95. The molecule has 0 heterocycles. The lowest BCUT2D eigenvalue weighted by molar-refractivity contribution is -0.138. The molecule has 18 heavy (non-hydrogen) atoms. The fourth-order valence-corrected chi connectivity index (χ4v) is 1.49. The van der Waals surface area contributed by atoms with Gasteiger partial charge < -0.3 is 20.1 Å². The number of ether oxygens (including phenoxy) is 2. The minimum absolute atomic E-state index is 0.107. The molecule has 0 aliphatic heterocycles. The van der Waals surface area contributed by atoms with Gasteiger partial charge in [0.05, 0.1) is 0 Å².